The van der Waals surface area contributed by atoms with Gasteiger partial charge >= 0.3 is 12.2 Å². The van der Waals surface area contributed by atoms with E-state index in [9.17, 15) is 54.6 Å². The molecule has 1 aromatic heterocycles. The summed E-state index contributed by atoms with van der Waals surface area (Å²) in [4.78, 5) is 87.3. The molecule has 0 radical (unpaired) electrons. The number of carbonyl (C=O) groups is 5. The van der Waals surface area contributed by atoms with Gasteiger partial charge in [-0.3, -0.25) is 24.4 Å². The molecule has 0 spiro atoms. The normalized spacial score (nSPS) is 20.8. The number of aliphatic hydroxyl groups excluding tert-OH is 3. The number of methoxy groups -OCH3 is 3. The third-order valence-electron chi connectivity index (χ3n) is 20.9. The molecule has 4 aliphatic heterocycles. The van der Waals surface area contributed by atoms with E-state index in [4.69, 9.17) is 76.6 Å². The fraction of sp³-hybridized carbons (Fsp3) is 0.549. The van der Waals surface area contributed by atoms with Crippen molar-refractivity contribution >= 4 is 92.4 Å². The van der Waals surface area contributed by atoms with Crippen LogP contribution in [0, 0.1) is 0 Å². The Morgan fingerprint density at radius 2 is 1.36 bits per heavy atom. The molecule has 6 aliphatic rings. The van der Waals surface area contributed by atoms with Crippen LogP contribution in [0.25, 0.3) is 6.08 Å². The van der Waals surface area contributed by atoms with Crippen LogP contribution in [-0.4, -0.2) is 282 Å². The van der Waals surface area contributed by atoms with Gasteiger partial charge in [-0.2, -0.15) is 4.58 Å². The number of fused-ring (bicyclic) bond motifs is 8. The van der Waals surface area contributed by atoms with Crippen molar-refractivity contribution in [2.24, 2.45) is 15.0 Å². The van der Waals surface area contributed by atoms with E-state index in [0.717, 1.165) is 63.6 Å². The van der Waals surface area contributed by atoms with E-state index < -0.39 is 108 Å². The molecule has 31 nitrogen and oxygen atoms in total. The molecule has 6 bridgehead atoms. The molecule has 3 aromatic carbocycles. The number of carbonyl (C=O) groups excluding carboxylic acids is 5. The summed E-state index contributed by atoms with van der Waals surface area (Å²) >= 11 is 0. The summed E-state index contributed by atoms with van der Waals surface area (Å²) in [5.74, 6) is -2.63. The molecule has 2 amide bonds. The second-order valence-electron chi connectivity index (χ2n) is 28.1. The number of aliphatic imine (C=N–C) groups is 3. The molecule has 33 heteroatoms. The zero-order chi connectivity index (χ0) is 82.3. The third kappa shape index (κ3) is 21.9. The van der Waals surface area contributed by atoms with Gasteiger partial charge in [-0.05, 0) is 87.6 Å². The lowest BCUT2D eigenvalue weighted by Gasteiger charge is -2.42. The SMILES string of the molecule is CCc1c2[nH]c(c1CC)CC1N=C(C=Nc3cc(OCCOCCOCCOC)c(OCCOCCOCCOC)cc3N=CC3=[N+](C)/C(=C\2)C(CCCNC(=O)OCCSSCCOC(=O)N[C@H]2C[C@@H](OC4CC(O)(C(=O)CO)Cc5c(O)c6c(c(O)c54)C(=O)c4c(OC)cccc4C6=O)O[C@@H](C)[C@H]2O)=C3C)C(C)=C1CCCO. The summed E-state index contributed by atoms with van der Waals surface area (Å²) < 4.78 is 76.7. The number of aliphatic hydroxyl groups is 4. The molecule has 3 unspecified atom stereocenters. The molecule has 626 valence electrons. The van der Waals surface area contributed by atoms with Gasteiger partial charge in [-0.15, -0.1) is 0 Å². The minimum atomic E-state index is -2.39. The molecule has 1 saturated heterocycles. The fourth-order valence-electron chi connectivity index (χ4n) is 15.0. The largest absolute Gasteiger partial charge is 0.507 e. The Balaban J connectivity index is 0.755. The highest BCUT2D eigenvalue weighted by Gasteiger charge is 2.51. The number of rotatable bonds is 42. The first kappa shape index (κ1) is 89.0. The van der Waals surface area contributed by atoms with Gasteiger partial charge in [0, 0.05) is 122 Å². The van der Waals surface area contributed by atoms with Crippen LogP contribution in [0.15, 0.2) is 73.3 Å². The Hall–Kier alpha value is -8.39. The summed E-state index contributed by atoms with van der Waals surface area (Å²) in [6, 6.07) is 6.68. The van der Waals surface area contributed by atoms with Crippen molar-refractivity contribution in [2.75, 3.05) is 152 Å². The third-order valence-corrected chi connectivity index (χ3v) is 23.2. The number of benzene rings is 3. The number of ether oxygens (including phenoxy) is 13. The number of aromatic hydroxyl groups is 2. The summed E-state index contributed by atoms with van der Waals surface area (Å²) in [6.45, 7) is 13.6. The lowest BCUT2D eigenvalue weighted by Crippen LogP contribution is -2.56. The lowest BCUT2D eigenvalue weighted by molar-refractivity contribution is -0.432. The van der Waals surface area contributed by atoms with E-state index >= 15 is 0 Å². The molecule has 7 atom stereocenters. The molecule has 115 heavy (non-hydrogen) atoms. The quantitative estimate of drug-likeness (QED) is 0.00768. The predicted molar refractivity (Wildman–Crippen MR) is 432 cm³/mol. The number of phenolic OH excluding ortho intramolecular Hbond substituents is 2. The second-order valence-corrected chi connectivity index (χ2v) is 30.8. The Kier molecular flexibility index (Phi) is 33.4. The van der Waals surface area contributed by atoms with Crippen LogP contribution in [0.2, 0.25) is 0 Å². The number of nitrogens with zero attached hydrogens (tertiary/aromatic N) is 4. The number of likely N-dealkylation sites (N-methyl/N-ethyl adjacent to an activating group) is 1. The first-order valence-electron chi connectivity index (χ1n) is 38.9. The number of allylic oxidation sites excluding steroid dienone is 3. The Morgan fingerprint density at radius 3 is 1.97 bits per heavy atom. The van der Waals surface area contributed by atoms with Crippen LogP contribution in [0.1, 0.15) is 145 Å². The number of phenols is 2. The minimum Gasteiger partial charge on any atom is -0.507 e. The number of amides is 2. The Bertz CT molecular complexity index is 4360. The molecule has 4 aromatic rings. The first-order valence-corrected chi connectivity index (χ1v) is 41.4. The monoisotopic (exact) mass is 1640 g/mol. The number of aromatic amines is 1. The first-order chi connectivity index (χ1) is 55.6. The molecule has 10 rings (SSSR count). The van der Waals surface area contributed by atoms with Crippen LogP contribution in [0.3, 0.4) is 0 Å². The van der Waals surface area contributed by atoms with Gasteiger partial charge in [-0.25, -0.2) is 14.6 Å². The molecule has 1 fully saturated rings. The lowest BCUT2D eigenvalue weighted by atomic mass is 9.72. The van der Waals surface area contributed by atoms with Gasteiger partial charge in [0.25, 0.3) is 0 Å². The van der Waals surface area contributed by atoms with E-state index in [1.165, 1.54) is 64.9 Å². The van der Waals surface area contributed by atoms with Gasteiger partial charge < -0.3 is 108 Å². The van der Waals surface area contributed by atoms with E-state index in [0.29, 0.717) is 126 Å². The van der Waals surface area contributed by atoms with Crippen LogP contribution in [0.4, 0.5) is 21.0 Å². The van der Waals surface area contributed by atoms with Crippen molar-refractivity contribution in [3.8, 4) is 28.7 Å². The number of nitrogens with one attached hydrogen (secondary N) is 3. The highest BCUT2D eigenvalue weighted by atomic mass is 33.1. The van der Waals surface area contributed by atoms with Crippen molar-refractivity contribution in [3.05, 3.63) is 114 Å². The standard InChI is InChI=1S/C82H107N7O24S2/c1-10-50-51(11-2)58-38-63-53(48(4)64(89(63)6)45-85-60-40-67(109-32-30-107-28-26-105-24-22-102-8)66(108-31-29-106-27-25-104-23-21-101-7)39-59(60)84-44-62-47(3)52(17-14-20-90)57(87-62)37-56(50)86-58)16-13-19-83-80(98)110-33-35-114-115-36-34-111-81(99)88-61-41-70(112-49(5)75(61)93)113-68-43-82(100,69(92)46-91)42-55-72(68)79(97)74-73(77(55)95)76(94)54-15-12-18-65(103-9)71(54)78(74)96/h12,15,18,38-40,44-45,49,57,61,68,70,75,90-91,93,100H,10-11,13-14,16-17,19-37,41-43,46H2,1-9H3,(H4,83,84,85,86,87,88,94,95,96,97,98,99)/p+1/t49-,57?,61-,68?,70+,75+,82?/m0/s1. The van der Waals surface area contributed by atoms with E-state index in [2.05, 4.69) is 54.0 Å². The van der Waals surface area contributed by atoms with Gasteiger partial charge in [0.15, 0.2) is 29.4 Å². The average molecular weight is 1640 g/mol. The number of H-pyrrole nitrogens is 1. The smallest absolute Gasteiger partial charge is 0.407 e. The Morgan fingerprint density at radius 1 is 0.739 bits per heavy atom. The van der Waals surface area contributed by atoms with Crippen molar-refractivity contribution < 1.29 is 121 Å². The number of alkyl carbamates (subject to hydrolysis) is 2. The van der Waals surface area contributed by atoms with Crippen LogP contribution in [-0.2, 0) is 77.8 Å². The van der Waals surface area contributed by atoms with Crippen LogP contribution >= 0.6 is 21.6 Å². The van der Waals surface area contributed by atoms with Crippen LogP contribution in [0.5, 0.6) is 28.7 Å². The molecular weight excluding hydrogens is 1530 g/mol. The van der Waals surface area contributed by atoms with Gasteiger partial charge in [0.2, 0.25) is 17.2 Å². The van der Waals surface area contributed by atoms with Crippen molar-refractivity contribution in [1.29, 1.82) is 0 Å². The van der Waals surface area contributed by atoms with Crippen LogP contribution < -0.4 is 24.8 Å². The van der Waals surface area contributed by atoms with Gasteiger partial charge in [0.05, 0.1) is 144 Å². The number of ketones is 3. The average Bonchev–Trinajstić information content (AvgIpc) is 1.47. The van der Waals surface area contributed by atoms with Crippen molar-refractivity contribution in [2.45, 2.75) is 141 Å². The summed E-state index contributed by atoms with van der Waals surface area (Å²) in [6.07, 6.45) is 2.35. The highest BCUT2D eigenvalue weighted by Crippen LogP contribution is 2.53. The highest BCUT2D eigenvalue weighted by molar-refractivity contribution is 8.76. The van der Waals surface area contributed by atoms with E-state index in [1.807, 2.05) is 25.4 Å². The number of hydrogen-bond acceptors (Lipinski definition) is 29. The summed E-state index contributed by atoms with van der Waals surface area (Å²) in [5.41, 5.74) is 8.07. The van der Waals surface area contributed by atoms with Gasteiger partial charge in [0.1, 0.15) is 69.0 Å². The van der Waals surface area contributed by atoms with E-state index in [-0.39, 0.29) is 86.7 Å². The summed E-state index contributed by atoms with van der Waals surface area (Å²) in [7, 11) is 9.35. The molecule has 9 N–H and O–H groups in total. The van der Waals surface area contributed by atoms with Crippen molar-refractivity contribution in [1.82, 2.24) is 15.6 Å². The summed E-state index contributed by atoms with van der Waals surface area (Å²) in [5, 5.41) is 72.3. The zero-order valence-electron chi connectivity index (χ0n) is 66.7. The maximum Gasteiger partial charge on any atom is 0.407 e. The van der Waals surface area contributed by atoms with Gasteiger partial charge in [-0.1, -0.05) is 47.6 Å². The topological polar surface area (TPSA) is 407 Å². The Labute approximate surface area is 676 Å². The molecule has 0 saturated carbocycles. The molecular formula is C82H108N7O24S2+. The zero-order valence-corrected chi connectivity index (χ0v) is 68.4. The molecule has 5 heterocycles. The van der Waals surface area contributed by atoms with Crippen molar-refractivity contribution in [3.63, 3.8) is 0 Å². The second kappa shape index (κ2) is 43.2. The number of aromatic nitrogens is 1. The maximum absolute atomic E-state index is 14.2. The van der Waals surface area contributed by atoms with E-state index in [1.54, 1.807) is 20.4 Å². The predicted octanol–water partition coefficient (Wildman–Crippen LogP) is 8.25. The minimum absolute atomic E-state index is 0.0399. The maximum atomic E-state index is 14.2. The number of Topliss-reactive ketones (excluding diaryl/α,β-unsaturated/α-hetero) is 1. The number of hydrogen-bond donors (Lipinski definition) is 9. The molecule has 2 aliphatic carbocycles. The fourth-order valence-corrected chi connectivity index (χ4v) is 16.7.